The minimum Gasteiger partial charge on any atom is -0.466 e. The van der Waals surface area contributed by atoms with Gasteiger partial charge in [0.1, 0.15) is 10.6 Å². The van der Waals surface area contributed by atoms with Crippen LogP contribution in [-0.2, 0) is 9.53 Å². The molecular formula is C17H18ClN3O3S. The van der Waals surface area contributed by atoms with E-state index in [1.54, 1.807) is 24.0 Å². The van der Waals surface area contributed by atoms with Gasteiger partial charge in [-0.05, 0) is 43.4 Å². The Morgan fingerprint density at radius 1 is 1.28 bits per heavy atom. The van der Waals surface area contributed by atoms with Gasteiger partial charge in [-0.3, -0.25) is 9.59 Å². The molecule has 1 aliphatic rings. The van der Waals surface area contributed by atoms with E-state index < -0.39 is 0 Å². The molecule has 2 aromatic rings. The van der Waals surface area contributed by atoms with Gasteiger partial charge in [0.2, 0.25) is 0 Å². The van der Waals surface area contributed by atoms with Crippen molar-refractivity contribution >= 4 is 35.0 Å². The first-order valence-electron chi connectivity index (χ1n) is 8.14. The van der Waals surface area contributed by atoms with Gasteiger partial charge in [0.05, 0.1) is 12.5 Å². The number of amides is 1. The summed E-state index contributed by atoms with van der Waals surface area (Å²) in [5.74, 6) is -0.391. The van der Waals surface area contributed by atoms with Gasteiger partial charge in [-0.15, -0.1) is 5.10 Å². The zero-order valence-corrected chi connectivity index (χ0v) is 15.3. The number of piperidine rings is 1. The first-order valence-corrected chi connectivity index (χ1v) is 9.29. The molecule has 6 nitrogen and oxygen atoms in total. The Hall–Kier alpha value is -1.99. The number of halogens is 1. The van der Waals surface area contributed by atoms with Gasteiger partial charge in [-0.25, -0.2) is 0 Å². The summed E-state index contributed by atoms with van der Waals surface area (Å²) in [5.41, 5.74) is 1.38. The first-order chi connectivity index (χ1) is 12.1. The molecule has 0 bridgehead atoms. The van der Waals surface area contributed by atoms with Gasteiger partial charge in [-0.1, -0.05) is 28.2 Å². The predicted molar refractivity (Wildman–Crippen MR) is 95.6 cm³/mol. The molecule has 1 aliphatic heterocycles. The van der Waals surface area contributed by atoms with Crippen molar-refractivity contribution in [3.05, 3.63) is 34.2 Å². The summed E-state index contributed by atoms with van der Waals surface area (Å²) < 4.78 is 9.01. The van der Waals surface area contributed by atoms with Crippen LogP contribution in [0, 0.1) is 5.92 Å². The Kier molecular flexibility index (Phi) is 5.65. The van der Waals surface area contributed by atoms with Crippen LogP contribution < -0.4 is 0 Å². The first kappa shape index (κ1) is 17.8. The maximum atomic E-state index is 12.8. The number of aromatic nitrogens is 2. The van der Waals surface area contributed by atoms with Crippen molar-refractivity contribution in [3.63, 3.8) is 0 Å². The molecule has 8 heteroatoms. The van der Waals surface area contributed by atoms with Gasteiger partial charge in [0, 0.05) is 23.7 Å². The minimum atomic E-state index is -0.170. The van der Waals surface area contributed by atoms with Crippen molar-refractivity contribution in [2.75, 3.05) is 19.7 Å². The summed E-state index contributed by atoms with van der Waals surface area (Å²) in [6.07, 6.45) is 1.24. The van der Waals surface area contributed by atoms with Crippen LogP contribution in [0.15, 0.2) is 24.3 Å². The third-order valence-electron chi connectivity index (χ3n) is 4.20. The molecule has 0 N–H and O–H groups in total. The number of rotatable bonds is 4. The van der Waals surface area contributed by atoms with E-state index >= 15 is 0 Å². The van der Waals surface area contributed by atoms with E-state index in [1.807, 2.05) is 12.1 Å². The van der Waals surface area contributed by atoms with Crippen LogP contribution in [-0.4, -0.2) is 46.1 Å². The van der Waals surface area contributed by atoms with Crippen LogP contribution in [0.4, 0.5) is 0 Å². The zero-order valence-electron chi connectivity index (χ0n) is 13.8. The number of ether oxygens (including phenoxy) is 1. The van der Waals surface area contributed by atoms with Crippen LogP contribution in [0.5, 0.6) is 0 Å². The molecule has 0 unspecified atom stereocenters. The fraction of sp³-hybridized carbons (Fsp3) is 0.412. The van der Waals surface area contributed by atoms with E-state index in [9.17, 15) is 9.59 Å². The summed E-state index contributed by atoms with van der Waals surface area (Å²) >= 11 is 7.00. The van der Waals surface area contributed by atoms with E-state index in [4.69, 9.17) is 16.3 Å². The predicted octanol–water partition coefficient (Wildman–Crippen LogP) is 3.27. The second-order valence-corrected chi connectivity index (χ2v) is 6.97. The number of nitrogens with zero attached hydrogens (tertiary/aromatic N) is 3. The van der Waals surface area contributed by atoms with Crippen molar-refractivity contribution < 1.29 is 14.3 Å². The number of carbonyl (C=O) groups excluding carboxylic acids is 2. The molecule has 1 fully saturated rings. The number of hydrogen-bond donors (Lipinski definition) is 0. The van der Waals surface area contributed by atoms with Crippen LogP contribution in [0.2, 0.25) is 5.02 Å². The van der Waals surface area contributed by atoms with Crippen molar-refractivity contribution in [2.45, 2.75) is 19.8 Å². The fourth-order valence-electron chi connectivity index (χ4n) is 2.85. The summed E-state index contributed by atoms with van der Waals surface area (Å²) in [6.45, 7) is 3.24. The zero-order chi connectivity index (χ0) is 17.8. The average Bonchev–Trinajstić information content (AvgIpc) is 3.12. The molecule has 0 aliphatic carbocycles. The number of hydrogen-bond acceptors (Lipinski definition) is 6. The van der Waals surface area contributed by atoms with Gasteiger partial charge < -0.3 is 9.64 Å². The molecule has 3 rings (SSSR count). The van der Waals surface area contributed by atoms with Crippen molar-refractivity contribution in [2.24, 2.45) is 5.92 Å². The number of esters is 1. The van der Waals surface area contributed by atoms with E-state index in [2.05, 4.69) is 9.59 Å². The topological polar surface area (TPSA) is 72.4 Å². The van der Waals surface area contributed by atoms with Crippen molar-refractivity contribution in [1.29, 1.82) is 0 Å². The van der Waals surface area contributed by atoms with Crippen LogP contribution in [0.3, 0.4) is 0 Å². The Morgan fingerprint density at radius 2 is 1.96 bits per heavy atom. The van der Waals surface area contributed by atoms with Crippen LogP contribution in [0.25, 0.3) is 11.3 Å². The number of carbonyl (C=O) groups is 2. The van der Waals surface area contributed by atoms with E-state index in [-0.39, 0.29) is 17.8 Å². The molecular weight excluding hydrogens is 362 g/mol. The van der Waals surface area contributed by atoms with Gasteiger partial charge in [0.15, 0.2) is 0 Å². The standard InChI is InChI=1S/C17H18ClN3O3S/c1-2-24-17(23)12-7-9-21(10-8-12)16(22)15-14(19-20-25-15)11-3-5-13(18)6-4-11/h3-6,12H,2,7-10H2,1H3. The Labute approximate surface area is 154 Å². The summed E-state index contributed by atoms with van der Waals surface area (Å²) in [7, 11) is 0. The molecule has 1 aromatic carbocycles. The average molecular weight is 380 g/mol. The molecule has 0 atom stereocenters. The molecule has 0 radical (unpaired) electrons. The maximum Gasteiger partial charge on any atom is 0.309 e. The quantitative estimate of drug-likeness (QED) is 0.762. The third kappa shape index (κ3) is 3.99. The minimum absolute atomic E-state index is 0.0951. The van der Waals surface area contributed by atoms with Gasteiger partial charge in [-0.2, -0.15) is 0 Å². The lowest BCUT2D eigenvalue weighted by Gasteiger charge is -2.30. The third-order valence-corrected chi connectivity index (χ3v) is 5.17. The molecule has 25 heavy (non-hydrogen) atoms. The fourth-order valence-corrected chi connectivity index (χ4v) is 3.63. The SMILES string of the molecule is CCOC(=O)C1CCN(C(=O)c2snnc2-c2ccc(Cl)cc2)CC1. The van der Waals surface area contributed by atoms with E-state index in [0.29, 0.717) is 48.1 Å². The van der Waals surface area contributed by atoms with Crippen molar-refractivity contribution in [3.8, 4) is 11.3 Å². The van der Waals surface area contributed by atoms with Gasteiger partial charge in [0.25, 0.3) is 5.91 Å². The van der Waals surface area contributed by atoms with E-state index in [1.165, 1.54) is 0 Å². The molecule has 0 spiro atoms. The highest BCUT2D eigenvalue weighted by Gasteiger charge is 2.30. The highest BCUT2D eigenvalue weighted by atomic mass is 35.5. The molecule has 0 saturated carbocycles. The molecule has 132 valence electrons. The highest BCUT2D eigenvalue weighted by Crippen LogP contribution is 2.28. The largest absolute Gasteiger partial charge is 0.466 e. The Morgan fingerprint density at radius 3 is 2.60 bits per heavy atom. The number of likely N-dealkylation sites (tertiary alicyclic amines) is 1. The highest BCUT2D eigenvalue weighted by molar-refractivity contribution is 7.08. The summed E-state index contributed by atoms with van der Waals surface area (Å²) in [6, 6.07) is 7.16. The summed E-state index contributed by atoms with van der Waals surface area (Å²) in [4.78, 5) is 26.9. The second-order valence-electron chi connectivity index (χ2n) is 5.78. The van der Waals surface area contributed by atoms with Gasteiger partial charge >= 0.3 is 5.97 Å². The Balaban J connectivity index is 1.70. The molecule has 2 heterocycles. The van der Waals surface area contributed by atoms with Crippen LogP contribution in [0.1, 0.15) is 29.4 Å². The lowest BCUT2D eigenvalue weighted by atomic mass is 9.97. The monoisotopic (exact) mass is 379 g/mol. The smallest absolute Gasteiger partial charge is 0.309 e. The molecule has 1 aromatic heterocycles. The molecule has 1 saturated heterocycles. The molecule has 1 amide bonds. The maximum absolute atomic E-state index is 12.8. The Bertz CT molecular complexity index is 755. The second kappa shape index (κ2) is 7.93. The van der Waals surface area contributed by atoms with Crippen molar-refractivity contribution in [1.82, 2.24) is 14.5 Å². The normalized spacial score (nSPS) is 15.2. The lowest BCUT2D eigenvalue weighted by molar-refractivity contribution is -0.149. The number of benzene rings is 1. The lowest BCUT2D eigenvalue weighted by Crippen LogP contribution is -2.40. The van der Waals surface area contributed by atoms with E-state index in [0.717, 1.165) is 17.1 Å². The summed E-state index contributed by atoms with van der Waals surface area (Å²) in [5, 5.41) is 4.73. The van der Waals surface area contributed by atoms with Crippen LogP contribution >= 0.6 is 23.1 Å².